The maximum atomic E-state index is 14.0. The first-order valence-corrected chi connectivity index (χ1v) is 14.9. The highest BCUT2D eigenvalue weighted by atomic mass is 32.2. The molecule has 1 aliphatic rings. The zero-order valence-electron chi connectivity index (χ0n) is 21.2. The van der Waals surface area contributed by atoms with E-state index in [1.165, 1.54) is 0 Å². The highest BCUT2D eigenvalue weighted by molar-refractivity contribution is 7.96. The van der Waals surface area contributed by atoms with Crippen LogP contribution >= 0.6 is 12.2 Å². The molecule has 1 saturated carbocycles. The van der Waals surface area contributed by atoms with Crippen molar-refractivity contribution in [3.8, 4) is 0 Å². The highest BCUT2D eigenvalue weighted by Gasteiger charge is 2.62. The number of hydrogen-bond donors (Lipinski definition) is 1. The quantitative estimate of drug-likeness (QED) is 0.188. The summed E-state index contributed by atoms with van der Waals surface area (Å²) in [5, 5.41) is 42.3. The van der Waals surface area contributed by atoms with Crippen molar-refractivity contribution in [2.24, 2.45) is 0 Å². The number of benzene rings is 3. The number of non-ortho nitro benzene ring substituents is 3. The van der Waals surface area contributed by atoms with Crippen LogP contribution in [0.1, 0.15) is 12.8 Å². The number of carbonyl (C=O) groups is 1. The van der Waals surface area contributed by atoms with Gasteiger partial charge in [0.05, 0.1) is 30.2 Å². The number of hydrogen-bond acceptors (Lipinski definition) is 12. The average molecular weight is 652 g/mol. The molecule has 0 atom stereocenters. The Hall–Kier alpha value is -5.08. The van der Waals surface area contributed by atoms with Crippen molar-refractivity contribution < 1.29 is 41.5 Å². The van der Waals surface area contributed by atoms with Crippen LogP contribution in [0.15, 0.2) is 82.6 Å². The van der Waals surface area contributed by atoms with Gasteiger partial charge in [-0.25, -0.2) is 30.2 Å². The van der Waals surface area contributed by atoms with Crippen molar-refractivity contribution in [1.82, 2.24) is 4.31 Å². The van der Waals surface area contributed by atoms with Crippen LogP contribution in [0.3, 0.4) is 0 Å². The third-order valence-corrected chi connectivity index (χ3v) is 10.5. The second kappa shape index (κ2) is 11.0. The van der Waals surface area contributed by atoms with Crippen LogP contribution in [-0.4, -0.2) is 57.6 Å². The molecule has 0 radical (unpaired) electrons. The lowest BCUT2D eigenvalue weighted by atomic mass is 10.2. The van der Waals surface area contributed by atoms with Crippen molar-refractivity contribution in [2.75, 3.05) is 4.31 Å². The molecule has 1 N–H and O–H groups in total. The van der Waals surface area contributed by atoms with Crippen LogP contribution in [0.5, 0.6) is 0 Å². The van der Waals surface area contributed by atoms with Gasteiger partial charge in [0.15, 0.2) is 5.54 Å². The van der Waals surface area contributed by atoms with E-state index in [-0.39, 0.29) is 21.5 Å². The van der Waals surface area contributed by atoms with Crippen molar-refractivity contribution in [3.63, 3.8) is 0 Å². The minimum absolute atomic E-state index is 0.211. The number of sulfonamides is 2. The summed E-state index contributed by atoms with van der Waals surface area (Å²) in [6.07, 6.45) is -0.583. The fraction of sp³-hybridized carbons (Fsp3) is 0.130. The monoisotopic (exact) mass is 651 g/mol. The first kappa shape index (κ1) is 30.9. The Morgan fingerprint density at radius 2 is 1.05 bits per heavy atom. The van der Waals surface area contributed by atoms with E-state index in [0.717, 1.165) is 72.8 Å². The third-order valence-electron chi connectivity index (χ3n) is 6.32. The summed E-state index contributed by atoms with van der Waals surface area (Å²) in [6.45, 7) is 0. The Kier molecular flexibility index (Phi) is 7.87. The molecule has 4 rings (SSSR count). The van der Waals surface area contributed by atoms with Gasteiger partial charge in [0.2, 0.25) is 5.11 Å². The Morgan fingerprint density at radius 3 is 1.37 bits per heavy atom. The number of carboxylic acid groups (broad SMARTS) is 1. The minimum Gasteiger partial charge on any atom is -0.479 e. The molecule has 0 heterocycles. The van der Waals surface area contributed by atoms with Gasteiger partial charge >= 0.3 is 5.97 Å². The predicted molar refractivity (Wildman–Crippen MR) is 150 cm³/mol. The predicted octanol–water partition coefficient (Wildman–Crippen LogP) is 3.20. The van der Waals surface area contributed by atoms with Crippen LogP contribution in [-0.2, 0) is 24.8 Å². The van der Waals surface area contributed by atoms with E-state index in [1.807, 2.05) is 0 Å². The molecule has 224 valence electrons. The lowest BCUT2D eigenvalue weighted by Crippen LogP contribution is -2.56. The van der Waals surface area contributed by atoms with E-state index >= 15 is 0 Å². The molecule has 0 amide bonds. The molecular formula is C23H17N5O12S3. The third kappa shape index (κ3) is 5.57. The molecule has 0 aromatic heterocycles. The number of thiocarbonyl (C=S) groups is 1. The zero-order chi connectivity index (χ0) is 31.9. The average Bonchev–Trinajstić information content (AvgIpc) is 3.75. The van der Waals surface area contributed by atoms with Crippen LogP contribution in [0.4, 0.5) is 22.7 Å². The van der Waals surface area contributed by atoms with Gasteiger partial charge in [-0.3, -0.25) is 30.3 Å². The summed E-state index contributed by atoms with van der Waals surface area (Å²) in [5.74, 6) is -1.67. The Labute approximate surface area is 247 Å². The molecule has 43 heavy (non-hydrogen) atoms. The van der Waals surface area contributed by atoms with Crippen LogP contribution in [0, 0.1) is 30.3 Å². The smallest absolute Gasteiger partial charge is 0.330 e. The SMILES string of the molecule is O=C(O)C1(N(C(=S)N(c2ccc([N+](=O)[O-])cc2)S(=O)(=O)c2ccc([N+](=O)[O-])cc2)S(=O)(=O)c2ccc([N+](=O)[O-])cc2)CC1. The van der Waals surface area contributed by atoms with Gasteiger partial charge in [0.25, 0.3) is 37.1 Å². The highest BCUT2D eigenvalue weighted by Crippen LogP contribution is 2.46. The first-order valence-electron chi connectivity index (χ1n) is 11.7. The van der Waals surface area contributed by atoms with Gasteiger partial charge in [0, 0.05) is 36.4 Å². The standard InChI is InChI=1S/C23H17N5O12S3/c29-21(30)23(13-14-23)25(43(39,40)20-11-7-18(8-12-20)28(35)36)22(41)24(15-1-3-16(4-2-15)26(31)32)42(37,38)19-9-5-17(6-10-19)27(33)34/h1-12H,13-14H2,(H,29,30). The second-order valence-corrected chi connectivity index (χ2v) is 12.9. The van der Waals surface area contributed by atoms with E-state index in [0.29, 0.717) is 0 Å². The number of nitrogens with zero attached hydrogens (tertiary/aromatic N) is 5. The molecule has 20 heteroatoms. The van der Waals surface area contributed by atoms with Gasteiger partial charge in [-0.2, -0.15) is 0 Å². The normalized spacial score (nSPS) is 13.9. The molecule has 0 saturated heterocycles. The summed E-state index contributed by atoms with van der Waals surface area (Å²) in [5.41, 5.74) is -4.11. The lowest BCUT2D eigenvalue weighted by molar-refractivity contribution is -0.385. The van der Waals surface area contributed by atoms with E-state index in [4.69, 9.17) is 12.2 Å². The van der Waals surface area contributed by atoms with Crippen molar-refractivity contribution in [1.29, 1.82) is 0 Å². The number of carboxylic acids is 1. The van der Waals surface area contributed by atoms with E-state index < -0.39 is 84.0 Å². The molecule has 0 aliphatic heterocycles. The topological polar surface area (TPSA) is 241 Å². The number of anilines is 1. The largest absolute Gasteiger partial charge is 0.479 e. The second-order valence-electron chi connectivity index (χ2n) is 8.93. The van der Waals surface area contributed by atoms with Crippen molar-refractivity contribution in [3.05, 3.63) is 103 Å². The summed E-state index contributed by atoms with van der Waals surface area (Å²) < 4.78 is 56.3. The molecule has 0 bridgehead atoms. The summed E-state index contributed by atoms with van der Waals surface area (Å²) >= 11 is 5.38. The Balaban J connectivity index is 1.95. The summed E-state index contributed by atoms with van der Waals surface area (Å²) in [4.78, 5) is 42.1. The lowest BCUT2D eigenvalue weighted by Gasteiger charge is -2.35. The first-order chi connectivity index (χ1) is 20.0. The Bertz CT molecular complexity index is 1880. The number of aliphatic carboxylic acids is 1. The maximum absolute atomic E-state index is 14.0. The molecule has 1 fully saturated rings. The van der Waals surface area contributed by atoms with Crippen LogP contribution in [0.25, 0.3) is 0 Å². The van der Waals surface area contributed by atoms with Crippen LogP contribution < -0.4 is 4.31 Å². The fourth-order valence-corrected chi connectivity index (χ4v) is 7.97. The maximum Gasteiger partial charge on any atom is 0.330 e. The zero-order valence-corrected chi connectivity index (χ0v) is 23.7. The van der Waals surface area contributed by atoms with Gasteiger partial charge < -0.3 is 5.11 Å². The van der Waals surface area contributed by atoms with Gasteiger partial charge in [0.1, 0.15) is 0 Å². The molecule has 0 spiro atoms. The Morgan fingerprint density at radius 1 is 0.698 bits per heavy atom. The van der Waals surface area contributed by atoms with Gasteiger partial charge in [-0.1, -0.05) is 0 Å². The van der Waals surface area contributed by atoms with Crippen LogP contribution in [0.2, 0.25) is 0 Å². The fourth-order valence-electron chi connectivity index (χ4n) is 3.97. The summed E-state index contributed by atoms with van der Waals surface area (Å²) in [6, 6.07) is 10.4. The molecular weight excluding hydrogens is 634 g/mol. The molecule has 3 aromatic carbocycles. The van der Waals surface area contributed by atoms with Crippen molar-refractivity contribution >= 4 is 66.1 Å². The molecule has 3 aromatic rings. The number of rotatable bonds is 10. The van der Waals surface area contributed by atoms with Gasteiger partial charge in [-0.05, 0) is 61.5 Å². The number of nitro benzene ring substituents is 3. The van der Waals surface area contributed by atoms with Gasteiger partial charge in [-0.15, -0.1) is 0 Å². The van der Waals surface area contributed by atoms with E-state index in [2.05, 4.69) is 0 Å². The molecule has 0 unspecified atom stereocenters. The molecule has 1 aliphatic carbocycles. The number of nitro groups is 3. The molecule has 17 nitrogen and oxygen atoms in total. The summed E-state index contributed by atoms with van der Waals surface area (Å²) in [7, 11) is -10.0. The minimum atomic E-state index is -5.03. The van der Waals surface area contributed by atoms with E-state index in [1.54, 1.807) is 0 Å². The van der Waals surface area contributed by atoms with Crippen molar-refractivity contribution in [2.45, 2.75) is 28.2 Å². The van der Waals surface area contributed by atoms with E-state index in [9.17, 15) is 57.1 Å².